The lowest BCUT2D eigenvalue weighted by atomic mass is 10.2. The summed E-state index contributed by atoms with van der Waals surface area (Å²) >= 11 is 0. The van der Waals surface area contributed by atoms with Gasteiger partial charge in [-0.2, -0.15) is 0 Å². The second kappa shape index (κ2) is 5.28. The van der Waals surface area contributed by atoms with Gasteiger partial charge >= 0.3 is 0 Å². The van der Waals surface area contributed by atoms with Crippen LogP contribution in [0.15, 0.2) is 11.6 Å². The van der Waals surface area contributed by atoms with Crippen molar-refractivity contribution in [2.75, 3.05) is 0 Å². The van der Waals surface area contributed by atoms with E-state index in [4.69, 9.17) is 4.43 Å². The van der Waals surface area contributed by atoms with Gasteiger partial charge in [0.15, 0.2) is 14.1 Å². The second-order valence-corrected chi connectivity index (χ2v) is 10.7. The first-order chi connectivity index (χ1) is 6.97. The van der Waals surface area contributed by atoms with Crippen LogP contribution >= 0.6 is 0 Å². The SMILES string of the molecule is CC(=O)/C(C)=C/[C@H](C)O[Si](C)(C)C(C)(C)C. The predicted octanol–water partition coefficient (Wildman–Crippen LogP) is 3.93. The van der Waals surface area contributed by atoms with Crippen LogP contribution < -0.4 is 0 Å². The first kappa shape index (κ1) is 15.6. The molecule has 0 amide bonds. The van der Waals surface area contributed by atoms with Crippen molar-refractivity contribution in [1.82, 2.24) is 0 Å². The van der Waals surface area contributed by atoms with Crippen LogP contribution in [0.1, 0.15) is 41.5 Å². The fourth-order valence-electron chi connectivity index (χ4n) is 1.14. The Balaban J connectivity index is 4.64. The van der Waals surface area contributed by atoms with Crippen LogP contribution in [-0.2, 0) is 9.22 Å². The number of allylic oxidation sites excluding steroid dienone is 1. The molecule has 0 fully saturated rings. The minimum Gasteiger partial charge on any atom is -0.411 e. The molecule has 0 aliphatic carbocycles. The van der Waals surface area contributed by atoms with E-state index in [1.165, 1.54) is 0 Å². The van der Waals surface area contributed by atoms with E-state index in [2.05, 4.69) is 33.9 Å². The van der Waals surface area contributed by atoms with Gasteiger partial charge in [0.05, 0.1) is 6.10 Å². The molecule has 1 atom stereocenters. The van der Waals surface area contributed by atoms with Gasteiger partial charge in [0.1, 0.15) is 0 Å². The van der Waals surface area contributed by atoms with E-state index in [1.807, 2.05) is 19.9 Å². The minimum atomic E-state index is -1.73. The molecule has 0 N–H and O–H groups in total. The molecule has 0 unspecified atom stereocenters. The number of hydrogen-bond acceptors (Lipinski definition) is 2. The van der Waals surface area contributed by atoms with E-state index >= 15 is 0 Å². The third-order valence-electron chi connectivity index (χ3n) is 3.33. The molecule has 0 rings (SSSR count). The Morgan fingerprint density at radius 1 is 1.25 bits per heavy atom. The third kappa shape index (κ3) is 4.62. The normalized spacial score (nSPS) is 16.1. The zero-order chi connectivity index (χ0) is 13.1. The topological polar surface area (TPSA) is 26.3 Å². The molecule has 0 heterocycles. The van der Waals surface area contributed by atoms with E-state index in [0.29, 0.717) is 0 Å². The summed E-state index contributed by atoms with van der Waals surface area (Å²) in [7, 11) is -1.73. The van der Waals surface area contributed by atoms with E-state index in [9.17, 15) is 4.79 Å². The van der Waals surface area contributed by atoms with E-state index in [-0.39, 0.29) is 16.9 Å². The molecule has 0 aromatic heterocycles. The highest BCUT2D eigenvalue weighted by Crippen LogP contribution is 2.37. The number of hydrogen-bond donors (Lipinski definition) is 0. The number of rotatable bonds is 4. The summed E-state index contributed by atoms with van der Waals surface area (Å²) in [5.74, 6) is 0.116. The van der Waals surface area contributed by atoms with Gasteiger partial charge in [-0.3, -0.25) is 4.79 Å². The van der Waals surface area contributed by atoms with E-state index in [0.717, 1.165) is 5.57 Å². The standard InChI is InChI=1S/C13H26O2Si/c1-10(12(3)14)9-11(2)15-16(7,8)13(4,5)6/h9,11H,1-8H3/b10-9+/t11-/m0/s1. The zero-order valence-corrected chi connectivity index (χ0v) is 13.0. The molecule has 94 valence electrons. The Hall–Kier alpha value is -0.413. The average Bonchev–Trinajstić information content (AvgIpc) is 1.99. The van der Waals surface area contributed by atoms with Crippen LogP contribution in [0.3, 0.4) is 0 Å². The summed E-state index contributed by atoms with van der Waals surface area (Å²) in [6, 6.07) is 0. The van der Waals surface area contributed by atoms with Gasteiger partial charge in [-0.1, -0.05) is 26.8 Å². The highest BCUT2D eigenvalue weighted by Gasteiger charge is 2.38. The van der Waals surface area contributed by atoms with Crippen molar-refractivity contribution in [3.05, 3.63) is 11.6 Å². The van der Waals surface area contributed by atoms with Gasteiger partial charge in [0.25, 0.3) is 0 Å². The molecule has 0 aromatic carbocycles. The molecule has 3 heteroatoms. The molecule has 0 spiro atoms. The van der Waals surface area contributed by atoms with Crippen LogP contribution in [0.4, 0.5) is 0 Å². The number of carbonyl (C=O) groups is 1. The van der Waals surface area contributed by atoms with Crippen LogP contribution in [-0.4, -0.2) is 20.2 Å². The third-order valence-corrected chi connectivity index (χ3v) is 7.90. The molecule has 0 aliphatic heterocycles. The number of carbonyl (C=O) groups excluding carboxylic acids is 1. The Bertz CT molecular complexity index is 285. The van der Waals surface area contributed by atoms with E-state index in [1.54, 1.807) is 6.92 Å². The number of ketones is 1. The van der Waals surface area contributed by atoms with Gasteiger partial charge in [-0.05, 0) is 44.5 Å². The molecule has 2 nitrogen and oxygen atoms in total. The largest absolute Gasteiger partial charge is 0.411 e. The monoisotopic (exact) mass is 242 g/mol. The van der Waals surface area contributed by atoms with Gasteiger partial charge in [0, 0.05) is 0 Å². The summed E-state index contributed by atoms with van der Waals surface area (Å²) in [4.78, 5) is 11.1. The molecule has 16 heavy (non-hydrogen) atoms. The molecule has 0 radical (unpaired) electrons. The number of Topliss-reactive ketones (excluding diaryl/α,β-unsaturated/α-hetero) is 1. The Labute approximate surface area is 101 Å². The van der Waals surface area contributed by atoms with Crippen molar-refractivity contribution >= 4 is 14.1 Å². The molecule has 0 saturated heterocycles. The van der Waals surface area contributed by atoms with Gasteiger partial charge < -0.3 is 4.43 Å². The minimum absolute atomic E-state index is 0.0183. The molecule has 0 aliphatic rings. The summed E-state index contributed by atoms with van der Waals surface area (Å²) in [6.45, 7) is 16.5. The summed E-state index contributed by atoms with van der Waals surface area (Å²) in [6.07, 6.45) is 1.94. The van der Waals surface area contributed by atoms with Crippen molar-refractivity contribution < 1.29 is 9.22 Å². The van der Waals surface area contributed by atoms with Gasteiger partial charge in [0.2, 0.25) is 0 Å². The fourth-order valence-corrected chi connectivity index (χ4v) is 2.50. The second-order valence-electron chi connectivity index (χ2n) is 5.99. The lowest BCUT2D eigenvalue weighted by Gasteiger charge is -2.38. The maximum atomic E-state index is 11.1. The molecule has 0 saturated carbocycles. The van der Waals surface area contributed by atoms with Crippen molar-refractivity contribution in [3.63, 3.8) is 0 Å². The van der Waals surface area contributed by atoms with Gasteiger partial charge in [-0.15, -0.1) is 0 Å². The van der Waals surface area contributed by atoms with Crippen molar-refractivity contribution in [1.29, 1.82) is 0 Å². The first-order valence-corrected chi connectivity index (χ1v) is 8.75. The van der Waals surface area contributed by atoms with Crippen LogP contribution in [0.25, 0.3) is 0 Å². The quantitative estimate of drug-likeness (QED) is 0.551. The highest BCUT2D eigenvalue weighted by atomic mass is 28.4. The van der Waals surface area contributed by atoms with Crippen LogP contribution in [0.2, 0.25) is 18.1 Å². The maximum Gasteiger partial charge on any atom is 0.192 e. The molecular weight excluding hydrogens is 216 g/mol. The summed E-state index contributed by atoms with van der Waals surface area (Å²) in [5.41, 5.74) is 0.784. The fraction of sp³-hybridized carbons (Fsp3) is 0.769. The lowest BCUT2D eigenvalue weighted by molar-refractivity contribution is -0.113. The maximum absolute atomic E-state index is 11.1. The van der Waals surface area contributed by atoms with E-state index < -0.39 is 8.32 Å². The Morgan fingerprint density at radius 2 is 1.69 bits per heavy atom. The van der Waals surface area contributed by atoms with Crippen molar-refractivity contribution in [2.24, 2.45) is 0 Å². The van der Waals surface area contributed by atoms with Crippen molar-refractivity contribution in [2.45, 2.75) is 65.8 Å². The summed E-state index contributed by atoms with van der Waals surface area (Å²) in [5, 5.41) is 0.208. The van der Waals surface area contributed by atoms with Crippen molar-refractivity contribution in [3.8, 4) is 0 Å². The molecular formula is C13H26O2Si. The lowest BCUT2D eigenvalue weighted by Crippen LogP contribution is -2.43. The smallest absolute Gasteiger partial charge is 0.192 e. The van der Waals surface area contributed by atoms with Crippen LogP contribution in [0.5, 0.6) is 0 Å². The Morgan fingerprint density at radius 3 is 2.00 bits per heavy atom. The average molecular weight is 242 g/mol. The first-order valence-electron chi connectivity index (χ1n) is 5.84. The summed E-state index contributed by atoms with van der Waals surface area (Å²) < 4.78 is 6.13. The zero-order valence-electron chi connectivity index (χ0n) is 12.0. The predicted molar refractivity (Wildman–Crippen MR) is 72.2 cm³/mol. The molecule has 0 bridgehead atoms. The molecule has 0 aromatic rings. The highest BCUT2D eigenvalue weighted by molar-refractivity contribution is 6.74. The van der Waals surface area contributed by atoms with Gasteiger partial charge in [-0.25, -0.2) is 0 Å². The Kier molecular flexibility index (Phi) is 5.14. The van der Waals surface area contributed by atoms with Crippen LogP contribution in [0, 0.1) is 0 Å².